The molecular weight excluding hydrogens is 288 g/mol. The van der Waals surface area contributed by atoms with Crippen molar-refractivity contribution in [1.29, 1.82) is 0 Å². The van der Waals surface area contributed by atoms with Gasteiger partial charge in [-0.05, 0) is 38.1 Å². The van der Waals surface area contributed by atoms with Gasteiger partial charge in [0.2, 0.25) is 10.0 Å². The van der Waals surface area contributed by atoms with Crippen LogP contribution in [-0.4, -0.2) is 58.5 Å². The Hall–Kier alpha value is -0.170. The van der Waals surface area contributed by atoms with E-state index in [4.69, 9.17) is 4.74 Å². The van der Waals surface area contributed by atoms with Crippen molar-refractivity contribution in [1.82, 2.24) is 9.62 Å². The molecule has 1 aliphatic carbocycles. The van der Waals surface area contributed by atoms with E-state index in [2.05, 4.69) is 9.62 Å². The molecule has 0 aromatic heterocycles. The molecule has 0 unspecified atom stereocenters. The van der Waals surface area contributed by atoms with Crippen molar-refractivity contribution in [3.05, 3.63) is 0 Å². The normalized spacial score (nSPS) is 21.9. The van der Waals surface area contributed by atoms with Gasteiger partial charge in [0.05, 0.1) is 19.0 Å². The Kier molecular flexibility index (Phi) is 7.43. The van der Waals surface area contributed by atoms with E-state index in [1.807, 2.05) is 0 Å². The van der Waals surface area contributed by atoms with Gasteiger partial charge in [0.15, 0.2) is 0 Å². The lowest BCUT2D eigenvalue weighted by molar-refractivity contribution is 0.0371. The molecule has 124 valence electrons. The van der Waals surface area contributed by atoms with Gasteiger partial charge >= 0.3 is 0 Å². The van der Waals surface area contributed by atoms with Crippen molar-refractivity contribution in [3.8, 4) is 0 Å². The van der Waals surface area contributed by atoms with Crippen molar-refractivity contribution in [2.24, 2.45) is 5.92 Å². The molecule has 2 aliphatic rings. The van der Waals surface area contributed by atoms with E-state index in [0.717, 1.165) is 65.0 Å². The molecule has 1 heterocycles. The molecule has 1 saturated heterocycles. The van der Waals surface area contributed by atoms with Crippen LogP contribution in [0.25, 0.3) is 0 Å². The predicted molar refractivity (Wildman–Crippen MR) is 84.9 cm³/mol. The third-order valence-electron chi connectivity index (χ3n) is 4.51. The zero-order valence-corrected chi connectivity index (χ0v) is 13.9. The van der Waals surface area contributed by atoms with E-state index < -0.39 is 10.0 Å². The standard InChI is InChI=1S/C15H30N2O3S/c18-21(19,14-15-6-2-3-7-15)16-8-4-1-5-9-17-10-12-20-13-11-17/h15-16H,1-14H2. The molecule has 2 rings (SSSR count). The maximum absolute atomic E-state index is 11.9. The van der Waals surface area contributed by atoms with Crippen LogP contribution in [0.5, 0.6) is 0 Å². The zero-order valence-electron chi connectivity index (χ0n) is 13.1. The Labute approximate surface area is 129 Å². The Morgan fingerprint density at radius 1 is 1.05 bits per heavy atom. The Morgan fingerprint density at radius 3 is 2.48 bits per heavy atom. The lowest BCUT2D eigenvalue weighted by Crippen LogP contribution is -2.36. The van der Waals surface area contributed by atoms with Gasteiger partial charge in [-0.25, -0.2) is 13.1 Å². The molecule has 21 heavy (non-hydrogen) atoms. The lowest BCUT2D eigenvalue weighted by Gasteiger charge is -2.26. The number of nitrogens with one attached hydrogen (secondary N) is 1. The minimum absolute atomic E-state index is 0.334. The van der Waals surface area contributed by atoms with Crippen LogP contribution in [0, 0.1) is 5.92 Å². The first-order chi connectivity index (χ1) is 10.2. The van der Waals surface area contributed by atoms with Gasteiger partial charge in [0.25, 0.3) is 0 Å². The lowest BCUT2D eigenvalue weighted by atomic mass is 10.1. The zero-order chi connectivity index (χ0) is 15.0. The fourth-order valence-electron chi connectivity index (χ4n) is 3.24. The van der Waals surface area contributed by atoms with Crippen molar-refractivity contribution in [3.63, 3.8) is 0 Å². The van der Waals surface area contributed by atoms with Crippen molar-refractivity contribution < 1.29 is 13.2 Å². The third-order valence-corrected chi connectivity index (χ3v) is 6.06. The summed E-state index contributed by atoms with van der Waals surface area (Å²) >= 11 is 0. The second-order valence-electron chi connectivity index (χ2n) is 6.34. The summed E-state index contributed by atoms with van der Waals surface area (Å²) in [6.07, 6.45) is 7.73. The fraction of sp³-hybridized carbons (Fsp3) is 1.00. The molecule has 1 N–H and O–H groups in total. The van der Waals surface area contributed by atoms with Crippen LogP contribution >= 0.6 is 0 Å². The Bertz CT molecular complexity index is 374. The molecule has 0 amide bonds. The number of rotatable bonds is 9. The van der Waals surface area contributed by atoms with Gasteiger partial charge in [-0.3, -0.25) is 4.90 Å². The maximum atomic E-state index is 11.9. The highest BCUT2D eigenvalue weighted by molar-refractivity contribution is 7.89. The third kappa shape index (κ3) is 7.08. The molecule has 0 atom stereocenters. The molecule has 1 saturated carbocycles. The highest BCUT2D eigenvalue weighted by Gasteiger charge is 2.21. The smallest absolute Gasteiger partial charge is 0.211 e. The second kappa shape index (κ2) is 9.08. The fourth-order valence-corrected chi connectivity index (χ4v) is 4.76. The van der Waals surface area contributed by atoms with Crippen LogP contribution < -0.4 is 4.72 Å². The summed E-state index contributed by atoms with van der Waals surface area (Å²) in [5.41, 5.74) is 0. The monoisotopic (exact) mass is 318 g/mol. The molecule has 0 aromatic carbocycles. The summed E-state index contributed by atoms with van der Waals surface area (Å²) in [4.78, 5) is 2.42. The minimum atomic E-state index is -3.05. The minimum Gasteiger partial charge on any atom is -0.379 e. The first-order valence-corrected chi connectivity index (χ1v) is 10.1. The largest absolute Gasteiger partial charge is 0.379 e. The first-order valence-electron chi connectivity index (χ1n) is 8.43. The number of unbranched alkanes of at least 4 members (excludes halogenated alkanes) is 2. The summed E-state index contributed by atoms with van der Waals surface area (Å²) in [7, 11) is -3.05. The summed E-state index contributed by atoms with van der Waals surface area (Å²) in [5.74, 6) is 0.727. The highest BCUT2D eigenvalue weighted by Crippen LogP contribution is 2.25. The highest BCUT2D eigenvalue weighted by atomic mass is 32.2. The van der Waals surface area contributed by atoms with E-state index in [1.54, 1.807) is 0 Å². The number of sulfonamides is 1. The van der Waals surface area contributed by atoms with E-state index in [0.29, 0.717) is 18.2 Å². The number of nitrogens with zero attached hydrogens (tertiary/aromatic N) is 1. The number of morpholine rings is 1. The average molecular weight is 318 g/mol. The van der Waals surface area contributed by atoms with Crippen molar-refractivity contribution in [2.45, 2.75) is 44.9 Å². The molecular formula is C15H30N2O3S. The summed E-state index contributed by atoms with van der Waals surface area (Å²) in [5, 5.41) is 0. The molecule has 6 heteroatoms. The summed E-state index contributed by atoms with van der Waals surface area (Å²) < 4.78 is 31.9. The van der Waals surface area contributed by atoms with Crippen LogP contribution in [0.4, 0.5) is 0 Å². The number of ether oxygens (including phenoxy) is 1. The van der Waals surface area contributed by atoms with Gasteiger partial charge in [0, 0.05) is 19.6 Å². The molecule has 1 aliphatic heterocycles. The molecule has 5 nitrogen and oxygen atoms in total. The van der Waals surface area contributed by atoms with E-state index in [1.165, 1.54) is 12.8 Å². The second-order valence-corrected chi connectivity index (χ2v) is 8.19. The number of hydrogen-bond donors (Lipinski definition) is 1. The molecule has 0 radical (unpaired) electrons. The Balaban J connectivity index is 1.48. The molecule has 0 bridgehead atoms. The van der Waals surface area contributed by atoms with Crippen molar-refractivity contribution >= 4 is 10.0 Å². The van der Waals surface area contributed by atoms with Gasteiger partial charge in [-0.15, -0.1) is 0 Å². The Morgan fingerprint density at radius 2 is 1.76 bits per heavy atom. The topological polar surface area (TPSA) is 58.6 Å². The van der Waals surface area contributed by atoms with E-state index >= 15 is 0 Å². The molecule has 0 spiro atoms. The SMILES string of the molecule is O=S(=O)(CC1CCCC1)NCCCCCN1CCOCC1. The predicted octanol–water partition coefficient (Wildman–Crippen LogP) is 1.60. The van der Waals surface area contributed by atoms with Gasteiger partial charge in [0.1, 0.15) is 0 Å². The molecule has 2 fully saturated rings. The van der Waals surface area contributed by atoms with E-state index in [9.17, 15) is 8.42 Å². The maximum Gasteiger partial charge on any atom is 0.211 e. The van der Waals surface area contributed by atoms with Gasteiger partial charge in [-0.2, -0.15) is 0 Å². The van der Waals surface area contributed by atoms with Crippen LogP contribution in [0.15, 0.2) is 0 Å². The molecule has 0 aromatic rings. The summed E-state index contributed by atoms with van der Waals surface area (Å²) in [6, 6.07) is 0. The van der Waals surface area contributed by atoms with Crippen LogP contribution in [0.1, 0.15) is 44.9 Å². The van der Waals surface area contributed by atoms with Crippen LogP contribution in [-0.2, 0) is 14.8 Å². The number of hydrogen-bond acceptors (Lipinski definition) is 4. The quantitative estimate of drug-likeness (QED) is 0.656. The van der Waals surface area contributed by atoms with Crippen molar-refractivity contribution in [2.75, 3.05) is 45.1 Å². The average Bonchev–Trinajstić information content (AvgIpc) is 2.96. The first kappa shape index (κ1) is 17.2. The summed E-state index contributed by atoms with van der Waals surface area (Å²) in [6.45, 7) is 5.47. The van der Waals surface area contributed by atoms with Crippen LogP contribution in [0.3, 0.4) is 0 Å². The van der Waals surface area contributed by atoms with Crippen LogP contribution in [0.2, 0.25) is 0 Å². The van der Waals surface area contributed by atoms with Gasteiger partial charge < -0.3 is 4.74 Å². The van der Waals surface area contributed by atoms with E-state index in [-0.39, 0.29) is 0 Å². The van der Waals surface area contributed by atoms with Gasteiger partial charge in [-0.1, -0.05) is 19.3 Å².